The van der Waals surface area contributed by atoms with E-state index in [4.69, 9.17) is 0 Å². The molecule has 0 aliphatic carbocycles. The molecule has 0 aliphatic heterocycles. The van der Waals surface area contributed by atoms with Crippen LogP contribution in [0.2, 0.25) is 0 Å². The molecule has 0 aromatic carbocycles. The van der Waals surface area contributed by atoms with Crippen molar-refractivity contribution in [1.82, 2.24) is 10.1 Å². The maximum Gasteiger partial charge on any atom is 0.264 e. The zero-order valence-electron chi connectivity index (χ0n) is 12.6. The van der Waals surface area contributed by atoms with Gasteiger partial charge in [0.2, 0.25) is 5.91 Å². The number of thiophene rings is 1. The fraction of sp³-hybridized carbons (Fsp3) is 0.400. The van der Waals surface area contributed by atoms with E-state index in [0.717, 1.165) is 6.42 Å². The molecule has 7 heteroatoms. The summed E-state index contributed by atoms with van der Waals surface area (Å²) in [7, 11) is 0. The Morgan fingerprint density at radius 1 is 1.41 bits per heavy atom. The standard InChI is InChI=1S/C15H19N3O3S/c1-11(2)5-7-18(15(20)12-4-3-9-22-12)10-14(19)16-13-6-8-21-17-13/h3-4,6,8-9,11H,5,7,10H2,1-2H3,(H,16,17,19). The summed E-state index contributed by atoms with van der Waals surface area (Å²) in [5.41, 5.74) is 0. The first-order chi connectivity index (χ1) is 10.6. The average molecular weight is 321 g/mol. The maximum absolute atomic E-state index is 12.5. The van der Waals surface area contributed by atoms with Crippen LogP contribution in [0, 0.1) is 5.92 Å². The number of amides is 2. The second-order valence-electron chi connectivity index (χ2n) is 5.32. The van der Waals surface area contributed by atoms with Gasteiger partial charge in [-0.15, -0.1) is 11.3 Å². The van der Waals surface area contributed by atoms with Crippen molar-refractivity contribution in [3.63, 3.8) is 0 Å². The predicted molar refractivity (Wildman–Crippen MR) is 84.8 cm³/mol. The Labute approximate surface area is 133 Å². The molecule has 0 saturated heterocycles. The molecule has 0 bridgehead atoms. The van der Waals surface area contributed by atoms with Crippen LogP contribution in [0.4, 0.5) is 5.82 Å². The van der Waals surface area contributed by atoms with Gasteiger partial charge in [-0.3, -0.25) is 9.59 Å². The average Bonchev–Trinajstić information content (AvgIpc) is 3.15. The van der Waals surface area contributed by atoms with E-state index in [0.29, 0.717) is 23.2 Å². The fourth-order valence-corrected chi connectivity index (χ4v) is 2.55. The number of aromatic nitrogens is 1. The van der Waals surface area contributed by atoms with Gasteiger partial charge in [-0.05, 0) is 23.8 Å². The van der Waals surface area contributed by atoms with Crippen molar-refractivity contribution in [2.45, 2.75) is 20.3 Å². The molecule has 0 atom stereocenters. The van der Waals surface area contributed by atoms with Crippen LogP contribution in [-0.4, -0.2) is 35.0 Å². The molecule has 1 N–H and O–H groups in total. The highest BCUT2D eigenvalue weighted by Gasteiger charge is 2.20. The highest BCUT2D eigenvalue weighted by atomic mass is 32.1. The molecule has 0 radical (unpaired) electrons. The zero-order valence-corrected chi connectivity index (χ0v) is 13.4. The molecule has 0 fully saturated rings. The Kier molecular flexibility index (Phi) is 5.71. The summed E-state index contributed by atoms with van der Waals surface area (Å²) < 4.78 is 4.66. The third kappa shape index (κ3) is 4.70. The van der Waals surface area contributed by atoms with E-state index in [9.17, 15) is 9.59 Å². The minimum absolute atomic E-state index is 0.00366. The molecule has 6 nitrogen and oxygen atoms in total. The Hall–Kier alpha value is -2.15. The lowest BCUT2D eigenvalue weighted by molar-refractivity contribution is -0.117. The van der Waals surface area contributed by atoms with Gasteiger partial charge in [-0.2, -0.15) is 0 Å². The van der Waals surface area contributed by atoms with E-state index in [-0.39, 0.29) is 18.4 Å². The molecule has 118 valence electrons. The molecule has 0 saturated carbocycles. The first-order valence-corrected chi connectivity index (χ1v) is 7.97. The molecule has 0 aliphatic rings. The number of anilines is 1. The summed E-state index contributed by atoms with van der Waals surface area (Å²) in [4.78, 5) is 26.7. The van der Waals surface area contributed by atoms with Crippen molar-refractivity contribution in [2.24, 2.45) is 5.92 Å². The van der Waals surface area contributed by atoms with Crippen molar-refractivity contribution in [1.29, 1.82) is 0 Å². The predicted octanol–water partition coefficient (Wildman–Crippen LogP) is 2.86. The van der Waals surface area contributed by atoms with Crippen LogP contribution in [0.5, 0.6) is 0 Å². The van der Waals surface area contributed by atoms with Crippen LogP contribution >= 0.6 is 11.3 Å². The van der Waals surface area contributed by atoms with Crippen molar-refractivity contribution in [3.8, 4) is 0 Å². The molecule has 2 aromatic rings. The fourth-order valence-electron chi connectivity index (χ4n) is 1.86. The zero-order chi connectivity index (χ0) is 15.9. The van der Waals surface area contributed by atoms with Gasteiger partial charge in [0.1, 0.15) is 12.8 Å². The van der Waals surface area contributed by atoms with Gasteiger partial charge in [0.25, 0.3) is 5.91 Å². The second kappa shape index (κ2) is 7.74. The van der Waals surface area contributed by atoms with E-state index in [1.165, 1.54) is 17.6 Å². The highest BCUT2D eigenvalue weighted by molar-refractivity contribution is 7.12. The molecule has 0 spiro atoms. The summed E-state index contributed by atoms with van der Waals surface area (Å²) in [5.74, 6) is 0.392. The van der Waals surface area contributed by atoms with E-state index in [2.05, 4.69) is 28.8 Å². The van der Waals surface area contributed by atoms with Gasteiger partial charge in [0.05, 0.1) is 4.88 Å². The Morgan fingerprint density at radius 3 is 2.82 bits per heavy atom. The van der Waals surface area contributed by atoms with E-state index in [1.54, 1.807) is 17.0 Å². The van der Waals surface area contributed by atoms with Crippen LogP contribution in [0.1, 0.15) is 29.9 Å². The van der Waals surface area contributed by atoms with Crippen LogP contribution in [0.15, 0.2) is 34.4 Å². The number of rotatable bonds is 7. The Bertz CT molecular complexity index is 594. The monoisotopic (exact) mass is 321 g/mol. The largest absolute Gasteiger partial charge is 0.363 e. The third-order valence-corrected chi connectivity index (χ3v) is 3.89. The molecule has 2 heterocycles. The summed E-state index contributed by atoms with van der Waals surface area (Å²) in [6, 6.07) is 5.15. The van der Waals surface area contributed by atoms with Crippen LogP contribution in [-0.2, 0) is 4.79 Å². The molecule has 2 amide bonds. The smallest absolute Gasteiger partial charge is 0.264 e. The minimum atomic E-state index is -0.289. The van der Waals surface area contributed by atoms with Gasteiger partial charge >= 0.3 is 0 Å². The number of hydrogen-bond acceptors (Lipinski definition) is 5. The molecule has 2 aromatic heterocycles. The van der Waals surface area contributed by atoms with Gasteiger partial charge in [-0.1, -0.05) is 25.1 Å². The highest BCUT2D eigenvalue weighted by Crippen LogP contribution is 2.14. The van der Waals surface area contributed by atoms with Crippen LogP contribution in [0.25, 0.3) is 0 Å². The molecule has 2 rings (SSSR count). The van der Waals surface area contributed by atoms with Crippen molar-refractivity contribution < 1.29 is 14.1 Å². The number of carbonyl (C=O) groups is 2. The van der Waals surface area contributed by atoms with Gasteiger partial charge in [0, 0.05) is 12.6 Å². The normalized spacial score (nSPS) is 10.7. The van der Waals surface area contributed by atoms with E-state index >= 15 is 0 Å². The topological polar surface area (TPSA) is 75.4 Å². The lowest BCUT2D eigenvalue weighted by Gasteiger charge is -2.22. The van der Waals surface area contributed by atoms with E-state index in [1.807, 2.05) is 11.4 Å². The lowest BCUT2D eigenvalue weighted by Crippen LogP contribution is -2.38. The third-order valence-electron chi connectivity index (χ3n) is 3.04. The SMILES string of the molecule is CC(C)CCN(CC(=O)Nc1ccon1)C(=O)c1cccs1. The first kappa shape index (κ1) is 16.2. The maximum atomic E-state index is 12.5. The minimum Gasteiger partial charge on any atom is -0.363 e. The molecule has 0 unspecified atom stereocenters. The summed E-state index contributed by atoms with van der Waals surface area (Å²) in [6.07, 6.45) is 2.22. The van der Waals surface area contributed by atoms with Gasteiger partial charge < -0.3 is 14.7 Å². The van der Waals surface area contributed by atoms with Crippen LogP contribution < -0.4 is 5.32 Å². The van der Waals surface area contributed by atoms with Gasteiger partial charge in [-0.25, -0.2) is 0 Å². The first-order valence-electron chi connectivity index (χ1n) is 7.09. The van der Waals surface area contributed by atoms with Crippen LogP contribution in [0.3, 0.4) is 0 Å². The summed E-state index contributed by atoms with van der Waals surface area (Å²) in [5, 5.41) is 8.08. The van der Waals surface area contributed by atoms with Crippen molar-refractivity contribution in [3.05, 3.63) is 34.7 Å². The Balaban J connectivity index is 2.00. The number of nitrogens with one attached hydrogen (secondary N) is 1. The quantitative estimate of drug-likeness (QED) is 0.851. The number of hydrogen-bond donors (Lipinski definition) is 1. The molecular formula is C15H19N3O3S. The van der Waals surface area contributed by atoms with E-state index < -0.39 is 0 Å². The summed E-state index contributed by atoms with van der Waals surface area (Å²) >= 11 is 1.38. The lowest BCUT2D eigenvalue weighted by atomic mass is 10.1. The van der Waals surface area contributed by atoms with Crippen molar-refractivity contribution >= 4 is 29.0 Å². The van der Waals surface area contributed by atoms with Crippen molar-refractivity contribution in [2.75, 3.05) is 18.4 Å². The number of nitrogens with zero attached hydrogens (tertiary/aromatic N) is 2. The molecular weight excluding hydrogens is 302 g/mol. The Morgan fingerprint density at radius 2 is 2.23 bits per heavy atom. The summed E-state index contributed by atoms with van der Waals surface area (Å²) in [6.45, 7) is 4.71. The second-order valence-corrected chi connectivity index (χ2v) is 6.27. The number of carbonyl (C=O) groups excluding carboxylic acids is 2. The molecule has 22 heavy (non-hydrogen) atoms. The van der Waals surface area contributed by atoms with Gasteiger partial charge in [0.15, 0.2) is 5.82 Å².